The number of rotatable bonds is 5. The summed E-state index contributed by atoms with van der Waals surface area (Å²) in [6.45, 7) is 0. The van der Waals surface area contributed by atoms with Crippen LogP contribution in [0, 0.1) is 0 Å². The molecule has 0 radical (unpaired) electrons. The van der Waals surface area contributed by atoms with Gasteiger partial charge in [0.15, 0.2) is 5.11 Å². The van der Waals surface area contributed by atoms with Crippen molar-refractivity contribution in [3.8, 4) is 22.1 Å². The number of hydrogen-bond donors (Lipinski definition) is 2. The van der Waals surface area contributed by atoms with E-state index in [1.54, 1.807) is 29.0 Å². The molecule has 9 nitrogen and oxygen atoms in total. The number of methoxy groups -OCH3 is 2. The average Bonchev–Trinajstić information content (AvgIpc) is 3.36. The van der Waals surface area contributed by atoms with Crippen LogP contribution in [0.15, 0.2) is 48.8 Å². The third-order valence-electron chi connectivity index (χ3n) is 4.16. The Hall–Kier alpha value is -3.57. The van der Waals surface area contributed by atoms with Crippen molar-refractivity contribution in [3.05, 3.63) is 54.4 Å². The Morgan fingerprint density at radius 2 is 1.80 bits per heavy atom. The van der Waals surface area contributed by atoms with E-state index in [1.807, 2.05) is 24.3 Å². The van der Waals surface area contributed by atoms with E-state index in [0.717, 1.165) is 21.2 Å². The van der Waals surface area contributed by atoms with Gasteiger partial charge in [0, 0.05) is 11.3 Å². The largest absolute Gasteiger partial charge is 0.496 e. The monoisotopic (exact) mass is 440 g/mol. The van der Waals surface area contributed by atoms with Crippen LogP contribution in [0.4, 0.5) is 5.69 Å². The third-order valence-corrected chi connectivity index (χ3v) is 5.32. The van der Waals surface area contributed by atoms with Gasteiger partial charge < -0.3 is 14.8 Å². The van der Waals surface area contributed by atoms with Crippen molar-refractivity contribution in [2.75, 3.05) is 19.5 Å². The molecule has 2 aromatic heterocycles. The van der Waals surface area contributed by atoms with Crippen molar-refractivity contribution in [1.82, 2.24) is 25.1 Å². The van der Waals surface area contributed by atoms with Gasteiger partial charge in [-0.1, -0.05) is 17.4 Å². The number of hydrogen-bond acceptors (Lipinski definition) is 8. The lowest BCUT2D eigenvalue weighted by Gasteiger charge is -2.14. The Labute approximate surface area is 180 Å². The Bertz CT molecular complexity index is 1170. The second-order valence-corrected chi connectivity index (χ2v) is 7.35. The van der Waals surface area contributed by atoms with E-state index in [9.17, 15) is 4.79 Å². The molecule has 0 saturated heterocycles. The predicted molar refractivity (Wildman–Crippen MR) is 117 cm³/mol. The molecule has 0 aliphatic heterocycles. The minimum absolute atomic E-state index is 0.152. The van der Waals surface area contributed by atoms with Crippen LogP contribution >= 0.6 is 23.6 Å². The zero-order valence-corrected chi connectivity index (χ0v) is 17.6. The average molecular weight is 441 g/mol. The SMILES string of the molecule is COc1cccc(OC)c1C(=O)NC(=S)Nc1ccc(-c2nn3cnnc3s2)cc1. The first-order chi connectivity index (χ1) is 14.6. The minimum Gasteiger partial charge on any atom is -0.496 e. The highest BCUT2D eigenvalue weighted by atomic mass is 32.1. The van der Waals surface area contributed by atoms with E-state index >= 15 is 0 Å². The lowest BCUT2D eigenvalue weighted by Crippen LogP contribution is -2.34. The zero-order chi connectivity index (χ0) is 21.1. The number of carbonyl (C=O) groups is 1. The molecule has 0 spiro atoms. The van der Waals surface area contributed by atoms with Gasteiger partial charge in [-0.3, -0.25) is 10.1 Å². The number of ether oxygens (including phenoxy) is 2. The summed E-state index contributed by atoms with van der Waals surface area (Å²) in [7, 11) is 2.97. The number of anilines is 1. The molecule has 0 unspecified atom stereocenters. The maximum atomic E-state index is 12.7. The fraction of sp³-hybridized carbons (Fsp3) is 0.105. The molecule has 0 atom stereocenters. The molecule has 1 amide bonds. The number of fused-ring (bicyclic) bond motifs is 1. The summed E-state index contributed by atoms with van der Waals surface area (Å²) >= 11 is 6.72. The molecule has 0 aliphatic rings. The van der Waals surface area contributed by atoms with Gasteiger partial charge in [-0.25, -0.2) is 0 Å². The molecule has 2 N–H and O–H groups in total. The smallest absolute Gasteiger partial charge is 0.264 e. The Morgan fingerprint density at radius 1 is 1.10 bits per heavy atom. The second kappa shape index (κ2) is 8.43. The first-order valence-electron chi connectivity index (χ1n) is 8.69. The van der Waals surface area contributed by atoms with Gasteiger partial charge in [0.25, 0.3) is 5.91 Å². The van der Waals surface area contributed by atoms with Crippen LogP contribution in [0.1, 0.15) is 10.4 Å². The summed E-state index contributed by atoms with van der Waals surface area (Å²) < 4.78 is 12.1. The van der Waals surface area contributed by atoms with Crippen LogP contribution in [0.2, 0.25) is 0 Å². The normalized spacial score (nSPS) is 10.6. The van der Waals surface area contributed by atoms with Gasteiger partial charge >= 0.3 is 0 Å². The number of amides is 1. The van der Waals surface area contributed by atoms with Crippen LogP contribution in [0.3, 0.4) is 0 Å². The fourth-order valence-electron chi connectivity index (χ4n) is 2.78. The first kappa shape index (κ1) is 19.7. The summed E-state index contributed by atoms with van der Waals surface area (Å²) in [5.74, 6) is 0.353. The molecule has 0 bridgehead atoms. The van der Waals surface area contributed by atoms with Crippen molar-refractivity contribution >= 4 is 45.2 Å². The molecular weight excluding hydrogens is 424 g/mol. The summed E-state index contributed by atoms with van der Waals surface area (Å²) in [6, 6.07) is 12.6. The number of carbonyl (C=O) groups excluding carboxylic acids is 1. The molecule has 0 aliphatic carbocycles. The van der Waals surface area contributed by atoms with E-state index < -0.39 is 5.91 Å². The molecule has 4 rings (SSSR count). The lowest BCUT2D eigenvalue weighted by atomic mass is 10.1. The van der Waals surface area contributed by atoms with Crippen molar-refractivity contribution in [2.45, 2.75) is 0 Å². The predicted octanol–water partition coefficient (Wildman–Crippen LogP) is 3.00. The number of nitrogens with one attached hydrogen (secondary N) is 2. The third kappa shape index (κ3) is 3.93. The van der Waals surface area contributed by atoms with Gasteiger partial charge in [-0.15, -0.1) is 10.2 Å². The minimum atomic E-state index is -0.432. The Morgan fingerprint density at radius 3 is 2.43 bits per heavy atom. The Balaban J connectivity index is 1.44. The summed E-state index contributed by atoms with van der Waals surface area (Å²) in [5, 5.41) is 18.8. The lowest BCUT2D eigenvalue weighted by molar-refractivity contribution is 0.0971. The van der Waals surface area contributed by atoms with Gasteiger partial charge in [0.05, 0.1) is 14.2 Å². The van der Waals surface area contributed by atoms with E-state index in [1.165, 1.54) is 25.6 Å². The number of aromatic nitrogens is 4. The van der Waals surface area contributed by atoms with Crippen molar-refractivity contribution in [3.63, 3.8) is 0 Å². The maximum absolute atomic E-state index is 12.7. The van der Waals surface area contributed by atoms with E-state index in [0.29, 0.717) is 11.5 Å². The van der Waals surface area contributed by atoms with Crippen LogP contribution < -0.4 is 20.1 Å². The van der Waals surface area contributed by atoms with Gasteiger partial charge in [-0.2, -0.15) is 9.61 Å². The number of benzene rings is 2. The van der Waals surface area contributed by atoms with E-state index in [-0.39, 0.29) is 10.7 Å². The second-order valence-electron chi connectivity index (χ2n) is 5.99. The van der Waals surface area contributed by atoms with Crippen LogP contribution in [0.25, 0.3) is 15.5 Å². The summed E-state index contributed by atoms with van der Waals surface area (Å²) in [4.78, 5) is 13.4. The molecular formula is C19H16N6O3S2. The molecule has 2 heterocycles. The van der Waals surface area contributed by atoms with Crippen molar-refractivity contribution in [1.29, 1.82) is 0 Å². The van der Waals surface area contributed by atoms with Crippen molar-refractivity contribution in [2.24, 2.45) is 0 Å². The Kier molecular flexibility index (Phi) is 5.55. The summed E-state index contributed by atoms with van der Waals surface area (Å²) in [5.41, 5.74) is 1.93. The van der Waals surface area contributed by atoms with Gasteiger partial charge in [0.2, 0.25) is 4.96 Å². The van der Waals surface area contributed by atoms with Crippen LogP contribution in [0.5, 0.6) is 11.5 Å². The molecule has 0 saturated carbocycles. The zero-order valence-electron chi connectivity index (χ0n) is 15.9. The van der Waals surface area contributed by atoms with Crippen LogP contribution in [-0.4, -0.2) is 45.1 Å². The number of nitrogens with zero attached hydrogens (tertiary/aromatic N) is 4. The van der Waals surface area contributed by atoms with E-state index in [4.69, 9.17) is 21.7 Å². The summed E-state index contributed by atoms with van der Waals surface area (Å²) in [6.07, 6.45) is 1.56. The number of thiocarbonyl (C=S) groups is 1. The molecule has 4 aromatic rings. The molecule has 0 fully saturated rings. The van der Waals surface area contributed by atoms with Crippen LogP contribution in [-0.2, 0) is 0 Å². The highest BCUT2D eigenvalue weighted by molar-refractivity contribution is 7.80. The topological polar surface area (TPSA) is 103 Å². The maximum Gasteiger partial charge on any atom is 0.264 e. The van der Waals surface area contributed by atoms with Gasteiger partial charge in [-0.05, 0) is 48.6 Å². The van der Waals surface area contributed by atoms with E-state index in [2.05, 4.69) is 25.9 Å². The van der Waals surface area contributed by atoms with Gasteiger partial charge in [0.1, 0.15) is 28.4 Å². The molecule has 30 heavy (non-hydrogen) atoms. The highest BCUT2D eigenvalue weighted by Gasteiger charge is 2.19. The first-order valence-corrected chi connectivity index (χ1v) is 9.92. The fourth-order valence-corrected chi connectivity index (χ4v) is 3.81. The standard InChI is InChI=1S/C19H16N6O3S2/c1-27-13-4-3-5-14(28-2)15(13)16(26)22-18(29)21-12-8-6-11(7-9-12)17-24-25-10-20-23-19(25)30-17/h3-10H,1-2H3,(H2,21,22,26,29). The molecule has 152 valence electrons. The highest BCUT2D eigenvalue weighted by Crippen LogP contribution is 2.28. The quantitative estimate of drug-likeness (QED) is 0.457. The van der Waals surface area contributed by atoms with Crippen molar-refractivity contribution < 1.29 is 14.3 Å². The molecule has 11 heteroatoms. The molecule has 2 aromatic carbocycles.